The maximum absolute atomic E-state index is 12.6. The summed E-state index contributed by atoms with van der Waals surface area (Å²) in [5, 5.41) is 0. The van der Waals surface area contributed by atoms with Gasteiger partial charge < -0.3 is 9.72 Å². The number of rotatable bonds is 7. The molecule has 0 aliphatic rings. The van der Waals surface area contributed by atoms with E-state index in [-0.39, 0.29) is 12.3 Å². The first-order valence-electron chi connectivity index (χ1n) is 7.65. The molecule has 0 amide bonds. The number of nitrogens with one attached hydrogen (secondary N) is 1. The van der Waals surface area contributed by atoms with Crippen molar-refractivity contribution in [1.82, 2.24) is 9.88 Å². The Labute approximate surface area is 150 Å². The number of aromatic amines is 1. The highest BCUT2D eigenvalue weighted by atomic mass is 35.5. The third-order valence-electron chi connectivity index (χ3n) is 3.66. The Balaban J connectivity index is 2.10. The average molecular weight is 369 g/mol. The van der Waals surface area contributed by atoms with Crippen LogP contribution in [0.25, 0.3) is 0 Å². The third kappa shape index (κ3) is 4.26. The summed E-state index contributed by atoms with van der Waals surface area (Å²) in [6.45, 7) is 6.52. The largest absolute Gasteiger partial charge is 0.461 e. The number of Topliss-reactive ketones (excluding diaryl/α,β-unsaturated/α-hetero) is 1. The summed E-state index contributed by atoms with van der Waals surface area (Å²) in [4.78, 5) is 30.6. The Hall–Kier alpha value is -1.63. The Morgan fingerprint density at radius 3 is 2.62 bits per heavy atom. The van der Waals surface area contributed by atoms with Crippen LogP contribution >= 0.6 is 22.9 Å². The second kappa shape index (κ2) is 7.96. The minimum Gasteiger partial charge on any atom is -0.461 e. The fourth-order valence-corrected chi connectivity index (χ4v) is 3.83. The number of carbonyl (C=O) groups excluding carboxylic acids is 2. The van der Waals surface area contributed by atoms with Gasteiger partial charge in [-0.05, 0) is 45.5 Å². The maximum atomic E-state index is 12.6. The molecule has 5 nitrogen and oxygen atoms in total. The van der Waals surface area contributed by atoms with Gasteiger partial charge in [0, 0.05) is 22.7 Å². The van der Waals surface area contributed by atoms with Crippen LogP contribution in [0.4, 0.5) is 0 Å². The standard InChI is InChI=1S/C17H21ClN2O3S/c1-5-23-17(22)16-10(2)15(11(3)19-16)13(21)9-20(4)8-12-6-7-14(18)24-12/h6-7,19H,5,8-9H2,1-4H3. The van der Waals surface area contributed by atoms with Crippen LogP contribution in [-0.2, 0) is 11.3 Å². The van der Waals surface area contributed by atoms with Gasteiger partial charge in [-0.2, -0.15) is 0 Å². The van der Waals surface area contributed by atoms with E-state index in [1.807, 2.05) is 24.1 Å². The lowest BCUT2D eigenvalue weighted by atomic mass is 10.1. The molecule has 0 saturated carbocycles. The van der Waals surface area contributed by atoms with Crippen molar-refractivity contribution in [2.75, 3.05) is 20.2 Å². The van der Waals surface area contributed by atoms with Crippen molar-refractivity contribution in [3.05, 3.63) is 43.9 Å². The number of ketones is 1. The number of aromatic nitrogens is 1. The molecule has 0 saturated heterocycles. The van der Waals surface area contributed by atoms with Gasteiger partial charge in [-0.3, -0.25) is 9.69 Å². The van der Waals surface area contributed by atoms with Gasteiger partial charge in [0.25, 0.3) is 0 Å². The van der Waals surface area contributed by atoms with Crippen LogP contribution in [0.3, 0.4) is 0 Å². The minimum absolute atomic E-state index is 0.0260. The number of ether oxygens (including phenoxy) is 1. The van der Waals surface area contributed by atoms with Crippen molar-refractivity contribution in [2.45, 2.75) is 27.3 Å². The first-order chi connectivity index (χ1) is 11.3. The van der Waals surface area contributed by atoms with E-state index in [4.69, 9.17) is 16.3 Å². The Kier molecular flexibility index (Phi) is 6.21. The lowest BCUT2D eigenvalue weighted by Crippen LogP contribution is -2.26. The van der Waals surface area contributed by atoms with Crippen LogP contribution in [0, 0.1) is 13.8 Å². The topological polar surface area (TPSA) is 62.4 Å². The van der Waals surface area contributed by atoms with E-state index in [2.05, 4.69) is 4.98 Å². The zero-order valence-electron chi connectivity index (χ0n) is 14.2. The molecule has 0 aromatic carbocycles. The molecule has 0 spiro atoms. The molecule has 0 bridgehead atoms. The van der Waals surface area contributed by atoms with E-state index in [1.165, 1.54) is 11.3 Å². The van der Waals surface area contributed by atoms with Crippen molar-refractivity contribution in [1.29, 1.82) is 0 Å². The summed E-state index contributed by atoms with van der Waals surface area (Å²) in [5.41, 5.74) is 2.25. The number of carbonyl (C=O) groups is 2. The van der Waals surface area contributed by atoms with Gasteiger partial charge in [0.1, 0.15) is 5.69 Å². The molecule has 0 fully saturated rings. The third-order valence-corrected chi connectivity index (χ3v) is 4.88. The number of thiophene rings is 1. The summed E-state index contributed by atoms with van der Waals surface area (Å²) in [7, 11) is 1.88. The van der Waals surface area contributed by atoms with Crippen molar-refractivity contribution < 1.29 is 14.3 Å². The van der Waals surface area contributed by atoms with Gasteiger partial charge in [0.15, 0.2) is 5.78 Å². The van der Waals surface area contributed by atoms with E-state index >= 15 is 0 Å². The van der Waals surface area contributed by atoms with Gasteiger partial charge in [-0.1, -0.05) is 11.6 Å². The molecule has 7 heteroatoms. The molecule has 0 atom stereocenters. The van der Waals surface area contributed by atoms with Gasteiger partial charge in [0.05, 0.1) is 17.5 Å². The summed E-state index contributed by atoms with van der Waals surface area (Å²) < 4.78 is 5.75. The van der Waals surface area contributed by atoms with Crippen LogP contribution in [-0.4, -0.2) is 41.8 Å². The molecule has 2 aromatic rings. The number of likely N-dealkylation sites (N-methyl/N-ethyl adjacent to an activating group) is 1. The molecule has 2 rings (SSSR count). The Morgan fingerprint density at radius 2 is 2.04 bits per heavy atom. The highest BCUT2D eigenvalue weighted by molar-refractivity contribution is 7.16. The lowest BCUT2D eigenvalue weighted by Gasteiger charge is -2.15. The average Bonchev–Trinajstić information content (AvgIpc) is 3.02. The number of hydrogen-bond donors (Lipinski definition) is 1. The van der Waals surface area contributed by atoms with E-state index in [0.717, 1.165) is 9.21 Å². The van der Waals surface area contributed by atoms with E-state index in [0.29, 0.717) is 35.7 Å². The predicted octanol–water partition coefficient (Wildman–Crippen LogP) is 3.84. The highest BCUT2D eigenvalue weighted by Gasteiger charge is 2.23. The maximum Gasteiger partial charge on any atom is 0.355 e. The molecule has 1 N–H and O–H groups in total. The minimum atomic E-state index is -0.432. The number of halogens is 1. The van der Waals surface area contributed by atoms with Crippen LogP contribution < -0.4 is 0 Å². The van der Waals surface area contributed by atoms with Crippen molar-refractivity contribution in [3.8, 4) is 0 Å². The van der Waals surface area contributed by atoms with E-state index < -0.39 is 5.97 Å². The summed E-state index contributed by atoms with van der Waals surface area (Å²) in [6, 6.07) is 3.81. The molecule has 130 valence electrons. The lowest BCUT2D eigenvalue weighted by molar-refractivity contribution is 0.0519. The highest BCUT2D eigenvalue weighted by Crippen LogP contribution is 2.23. The molecular formula is C17H21ClN2O3S. The number of hydrogen-bond acceptors (Lipinski definition) is 5. The SMILES string of the molecule is CCOC(=O)c1[nH]c(C)c(C(=O)CN(C)Cc2ccc(Cl)s2)c1C. The summed E-state index contributed by atoms with van der Waals surface area (Å²) >= 11 is 7.43. The Bertz CT molecular complexity index is 751. The fourth-order valence-electron chi connectivity index (χ4n) is 2.66. The zero-order valence-corrected chi connectivity index (χ0v) is 15.8. The molecule has 2 heterocycles. The van der Waals surface area contributed by atoms with Gasteiger partial charge in [-0.15, -0.1) is 11.3 Å². The number of aryl methyl sites for hydroxylation is 1. The molecule has 0 unspecified atom stereocenters. The molecular weight excluding hydrogens is 348 g/mol. The van der Waals surface area contributed by atoms with Crippen LogP contribution in [0.1, 0.15) is 43.9 Å². The monoisotopic (exact) mass is 368 g/mol. The molecule has 0 aliphatic carbocycles. The normalized spacial score (nSPS) is 11.1. The van der Waals surface area contributed by atoms with Gasteiger partial charge in [0.2, 0.25) is 0 Å². The number of esters is 1. The zero-order chi connectivity index (χ0) is 17.9. The molecule has 0 radical (unpaired) electrons. The summed E-state index contributed by atoms with van der Waals surface area (Å²) in [6.07, 6.45) is 0. The van der Waals surface area contributed by atoms with E-state index in [1.54, 1.807) is 20.8 Å². The van der Waals surface area contributed by atoms with Gasteiger partial charge >= 0.3 is 5.97 Å². The van der Waals surface area contributed by atoms with Crippen LogP contribution in [0.15, 0.2) is 12.1 Å². The van der Waals surface area contributed by atoms with Crippen LogP contribution in [0.2, 0.25) is 4.34 Å². The molecule has 24 heavy (non-hydrogen) atoms. The fraction of sp³-hybridized carbons (Fsp3) is 0.412. The van der Waals surface area contributed by atoms with Gasteiger partial charge in [-0.25, -0.2) is 4.79 Å². The number of H-pyrrole nitrogens is 1. The van der Waals surface area contributed by atoms with E-state index in [9.17, 15) is 9.59 Å². The molecule has 2 aromatic heterocycles. The Morgan fingerprint density at radius 1 is 1.33 bits per heavy atom. The first kappa shape index (κ1) is 18.7. The molecule has 0 aliphatic heterocycles. The van der Waals surface area contributed by atoms with Crippen molar-refractivity contribution >= 4 is 34.7 Å². The quantitative estimate of drug-likeness (QED) is 0.595. The van der Waals surface area contributed by atoms with Crippen molar-refractivity contribution in [2.24, 2.45) is 0 Å². The van der Waals surface area contributed by atoms with Crippen molar-refractivity contribution in [3.63, 3.8) is 0 Å². The predicted molar refractivity (Wildman–Crippen MR) is 96.2 cm³/mol. The second-order valence-corrected chi connectivity index (χ2v) is 7.45. The number of nitrogens with zero attached hydrogens (tertiary/aromatic N) is 1. The second-order valence-electron chi connectivity index (χ2n) is 5.65. The smallest absolute Gasteiger partial charge is 0.355 e. The van der Waals surface area contributed by atoms with Crippen LogP contribution in [0.5, 0.6) is 0 Å². The first-order valence-corrected chi connectivity index (χ1v) is 8.85. The summed E-state index contributed by atoms with van der Waals surface area (Å²) in [5.74, 6) is -0.458.